The number of allylic oxidation sites excluding steroid dienone is 1. The van der Waals surface area contributed by atoms with Gasteiger partial charge < -0.3 is 4.57 Å². The van der Waals surface area contributed by atoms with Crippen LogP contribution in [0.4, 0.5) is 0 Å². The van der Waals surface area contributed by atoms with Crippen molar-refractivity contribution < 1.29 is 0 Å². The summed E-state index contributed by atoms with van der Waals surface area (Å²) in [6, 6.07) is 17.4. The van der Waals surface area contributed by atoms with Crippen LogP contribution < -0.4 is 0 Å². The Hall–Kier alpha value is -2.54. The number of para-hydroxylation sites is 1. The molecule has 0 saturated heterocycles. The molecular formula is C22H23N. The van der Waals surface area contributed by atoms with Crippen LogP contribution in [0.25, 0.3) is 28.7 Å². The Kier molecular flexibility index (Phi) is 4.20. The smallest absolute Gasteiger partial charge is 0.0541 e. The van der Waals surface area contributed by atoms with Gasteiger partial charge in [0.15, 0.2) is 0 Å². The van der Waals surface area contributed by atoms with E-state index in [-0.39, 0.29) is 0 Å². The van der Waals surface area contributed by atoms with E-state index in [1.807, 2.05) is 6.08 Å². The van der Waals surface area contributed by atoms with Crippen molar-refractivity contribution in [3.05, 3.63) is 78.0 Å². The third-order valence-electron chi connectivity index (χ3n) is 4.30. The number of hydrogen-bond acceptors (Lipinski definition) is 0. The predicted octanol–water partition coefficient (Wildman–Crippen LogP) is 6.43. The molecule has 23 heavy (non-hydrogen) atoms. The molecule has 0 radical (unpaired) electrons. The minimum Gasteiger partial charge on any atom is -0.309 e. The molecule has 0 aliphatic heterocycles. The third-order valence-corrected chi connectivity index (χ3v) is 4.30. The summed E-state index contributed by atoms with van der Waals surface area (Å²) in [6.45, 7) is 10.5. The lowest BCUT2D eigenvalue weighted by atomic mass is 10.0. The molecule has 3 aromatic rings. The van der Waals surface area contributed by atoms with Crippen molar-refractivity contribution in [1.82, 2.24) is 4.57 Å². The van der Waals surface area contributed by atoms with Gasteiger partial charge in [-0.15, -0.1) is 0 Å². The highest BCUT2D eigenvalue weighted by atomic mass is 15.0. The van der Waals surface area contributed by atoms with Crippen LogP contribution in [0.2, 0.25) is 0 Å². The maximum absolute atomic E-state index is 4.02. The second-order valence-electron chi connectivity index (χ2n) is 6.10. The Morgan fingerprint density at radius 2 is 1.70 bits per heavy atom. The van der Waals surface area contributed by atoms with Crippen LogP contribution >= 0.6 is 0 Å². The summed E-state index contributed by atoms with van der Waals surface area (Å²) >= 11 is 0. The number of aromatic nitrogens is 1. The van der Waals surface area contributed by atoms with Crippen molar-refractivity contribution >= 4 is 23.1 Å². The molecule has 0 aliphatic rings. The van der Waals surface area contributed by atoms with Crippen LogP contribution in [0.1, 0.15) is 43.5 Å². The Morgan fingerprint density at radius 3 is 2.30 bits per heavy atom. The number of fused-ring (bicyclic) bond motifs is 1. The molecule has 1 heteroatoms. The molecule has 1 nitrogen and oxygen atoms in total. The molecule has 0 atom stereocenters. The Labute approximate surface area is 138 Å². The predicted molar refractivity (Wildman–Crippen MR) is 102 cm³/mol. The summed E-state index contributed by atoms with van der Waals surface area (Å²) in [5.74, 6) is 0.546. The van der Waals surface area contributed by atoms with E-state index in [0.29, 0.717) is 5.92 Å². The van der Waals surface area contributed by atoms with E-state index in [9.17, 15) is 0 Å². The molecule has 116 valence electrons. The first-order valence-corrected chi connectivity index (χ1v) is 8.16. The van der Waals surface area contributed by atoms with E-state index in [1.165, 1.54) is 33.4 Å². The Morgan fingerprint density at radius 1 is 1.00 bits per heavy atom. The summed E-state index contributed by atoms with van der Waals surface area (Å²) in [7, 11) is 0. The van der Waals surface area contributed by atoms with Gasteiger partial charge in [0.2, 0.25) is 0 Å². The standard InChI is InChI=1S/C22H23N/c1-5-9-21-19(6-2)20-10-7-8-11-22(20)23(21)18-14-12-17(13-15-18)16(3)4/h5-16H,2H2,1,3-4H3/b9-5-. The summed E-state index contributed by atoms with van der Waals surface area (Å²) in [6.07, 6.45) is 6.20. The highest BCUT2D eigenvalue weighted by Gasteiger charge is 2.14. The fraction of sp³-hybridized carbons (Fsp3) is 0.182. The first kappa shape index (κ1) is 15.4. The van der Waals surface area contributed by atoms with Gasteiger partial charge in [0.25, 0.3) is 0 Å². The second-order valence-corrected chi connectivity index (χ2v) is 6.10. The number of benzene rings is 2. The zero-order chi connectivity index (χ0) is 16.4. The average Bonchev–Trinajstić information content (AvgIpc) is 2.88. The van der Waals surface area contributed by atoms with E-state index < -0.39 is 0 Å². The molecular weight excluding hydrogens is 278 g/mol. The van der Waals surface area contributed by atoms with Crippen molar-refractivity contribution in [3.63, 3.8) is 0 Å². The van der Waals surface area contributed by atoms with Crippen molar-refractivity contribution in [1.29, 1.82) is 0 Å². The fourth-order valence-corrected chi connectivity index (χ4v) is 3.11. The average molecular weight is 301 g/mol. The van der Waals surface area contributed by atoms with Crippen molar-refractivity contribution in [2.75, 3.05) is 0 Å². The normalized spacial score (nSPS) is 11.7. The second kappa shape index (κ2) is 6.29. The van der Waals surface area contributed by atoms with Gasteiger partial charge in [-0.05, 0) is 42.7 Å². The molecule has 0 fully saturated rings. The van der Waals surface area contributed by atoms with Gasteiger partial charge in [0.1, 0.15) is 0 Å². The summed E-state index contributed by atoms with van der Waals surface area (Å²) in [4.78, 5) is 0. The van der Waals surface area contributed by atoms with Gasteiger partial charge in [-0.25, -0.2) is 0 Å². The molecule has 0 bridgehead atoms. The molecule has 0 amide bonds. The largest absolute Gasteiger partial charge is 0.309 e. The molecule has 0 saturated carbocycles. The van der Waals surface area contributed by atoms with E-state index in [0.717, 1.165) is 0 Å². The van der Waals surface area contributed by atoms with Crippen molar-refractivity contribution in [2.24, 2.45) is 0 Å². The van der Waals surface area contributed by atoms with E-state index >= 15 is 0 Å². The van der Waals surface area contributed by atoms with Crippen LogP contribution in [-0.2, 0) is 0 Å². The molecule has 0 spiro atoms. The lowest BCUT2D eigenvalue weighted by Crippen LogP contribution is -1.98. The van der Waals surface area contributed by atoms with E-state index in [4.69, 9.17) is 0 Å². The van der Waals surface area contributed by atoms with E-state index in [1.54, 1.807) is 0 Å². The van der Waals surface area contributed by atoms with Gasteiger partial charge in [-0.3, -0.25) is 0 Å². The van der Waals surface area contributed by atoms with Crippen LogP contribution in [0.5, 0.6) is 0 Å². The lowest BCUT2D eigenvalue weighted by Gasteiger charge is -2.11. The third kappa shape index (κ3) is 2.63. The first-order chi connectivity index (χ1) is 11.2. The highest BCUT2D eigenvalue weighted by molar-refractivity contribution is 5.95. The number of hydrogen-bond donors (Lipinski definition) is 0. The van der Waals surface area contributed by atoms with Crippen molar-refractivity contribution in [2.45, 2.75) is 26.7 Å². The van der Waals surface area contributed by atoms with Gasteiger partial charge in [0.05, 0.1) is 11.2 Å². The molecule has 2 aromatic carbocycles. The van der Waals surface area contributed by atoms with Gasteiger partial charge in [-0.1, -0.05) is 62.9 Å². The monoisotopic (exact) mass is 301 g/mol. The maximum atomic E-state index is 4.02. The SMILES string of the molecule is C=Cc1c(/C=C\C)n(-c2ccc(C(C)C)cc2)c2ccccc12. The Bertz CT molecular complexity index is 861. The van der Waals surface area contributed by atoms with Gasteiger partial charge in [0, 0.05) is 16.6 Å². The minimum absolute atomic E-state index is 0.546. The maximum Gasteiger partial charge on any atom is 0.0541 e. The van der Waals surface area contributed by atoms with Crippen LogP contribution in [0.15, 0.2) is 61.2 Å². The zero-order valence-electron chi connectivity index (χ0n) is 14.1. The summed E-state index contributed by atoms with van der Waals surface area (Å²) < 4.78 is 2.32. The fourth-order valence-electron chi connectivity index (χ4n) is 3.11. The topological polar surface area (TPSA) is 4.93 Å². The Balaban J connectivity index is 2.31. The molecule has 0 aliphatic carbocycles. The van der Waals surface area contributed by atoms with Gasteiger partial charge >= 0.3 is 0 Å². The number of rotatable bonds is 4. The quantitative estimate of drug-likeness (QED) is 0.523. The van der Waals surface area contributed by atoms with Crippen LogP contribution in [0.3, 0.4) is 0 Å². The highest BCUT2D eigenvalue weighted by Crippen LogP contribution is 2.31. The van der Waals surface area contributed by atoms with Gasteiger partial charge in [-0.2, -0.15) is 0 Å². The first-order valence-electron chi connectivity index (χ1n) is 8.16. The van der Waals surface area contributed by atoms with Crippen LogP contribution in [0, 0.1) is 0 Å². The van der Waals surface area contributed by atoms with Crippen LogP contribution in [-0.4, -0.2) is 4.57 Å². The molecule has 3 rings (SSSR count). The molecule has 1 aromatic heterocycles. The lowest BCUT2D eigenvalue weighted by molar-refractivity contribution is 0.865. The van der Waals surface area contributed by atoms with E-state index in [2.05, 4.69) is 92.6 Å². The summed E-state index contributed by atoms with van der Waals surface area (Å²) in [5, 5.41) is 1.24. The van der Waals surface area contributed by atoms with Crippen molar-refractivity contribution in [3.8, 4) is 5.69 Å². The molecule has 1 heterocycles. The molecule has 0 unspecified atom stereocenters. The zero-order valence-corrected chi connectivity index (χ0v) is 14.1. The summed E-state index contributed by atoms with van der Waals surface area (Å²) in [5.41, 5.74) is 6.13. The minimum atomic E-state index is 0.546. The molecule has 0 N–H and O–H groups in total. The number of nitrogens with zero attached hydrogens (tertiary/aromatic N) is 1.